The Morgan fingerprint density at radius 1 is 1.41 bits per heavy atom. The Balaban J connectivity index is 2.10. The van der Waals surface area contributed by atoms with Gasteiger partial charge < -0.3 is 0 Å². The van der Waals surface area contributed by atoms with Crippen LogP contribution in [0.1, 0.15) is 11.6 Å². The number of hydrogen-bond donors (Lipinski definition) is 0. The van der Waals surface area contributed by atoms with Gasteiger partial charge in [-0.1, -0.05) is 21.1 Å². The van der Waals surface area contributed by atoms with Crippen LogP contribution in [-0.2, 0) is 9.84 Å². The highest BCUT2D eigenvalue weighted by Gasteiger charge is 2.36. The molecule has 17 heavy (non-hydrogen) atoms. The smallest absolute Gasteiger partial charge is 0.154 e. The van der Waals surface area contributed by atoms with Crippen molar-refractivity contribution in [2.45, 2.75) is 13.0 Å². The number of aryl methyl sites for hydroxylation is 1. The van der Waals surface area contributed by atoms with Crippen LogP contribution in [-0.4, -0.2) is 34.9 Å². The molecule has 5 nitrogen and oxygen atoms in total. The fourth-order valence-corrected chi connectivity index (χ4v) is 3.70. The molecular weight excluding hydrogens is 306 g/mol. The molecule has 3 rings (SSSR count). The van der Waals surface area contributed by atoms with Gasteiger partial charge in [-0.3, -0.25) is 0 Å². The molecule has 1 fully saturated rings. The van der Waals surface area contributed by atoms with Gasteiger partial charge in [0, 0.05) is 4.47 Å². The van der Waals surface area contributed by atoms with Gasteiger partial charge in [0.05, 0.1) is 23.1 Å². The Hall–Kier alpha value is -0.950. The van der Waals surface area contributed by atoms with E-state index in [2.05, 4.69) is 26.2 Å². The minimum absolute atomic E-state index is 0.0698. The van der Waals surface area contributed by atoms with Crippen LogP contribution < -0.4 is 0 Å². The summed E-state index contributed by atoms with van der Waals surface area (Å²) < 4.78 is 25.0. The molecule has 0 amide bonds. The van der Waals surface area contributed by atoms with Crippen molar-refractivity contribution in [2.24, 2.45) is 0 Å². The molecule has 2 heterocycles. The summed E-state index contributed by atoms with van der Waals surface area (Å²) in [5, 5.41) is 8.12. The fourth-order valence-electron chi connectivity index (χ4n) is 2.01. The molecule has 1 saturated heterocycles. The van der Waals surface area contributed by atoms with Crippen molar-refractivity contribution in [1.29, 1.82) is 0 Å². The zero-order valence-corrected chi connectivity index (χ0v) is 11.5. The van der Waals surface area contributed by atoms with Crippen LogP contribution in [0, 0.1) is 6.92 Å². The van der Waals surface area contributed by atoms with Crippen LogP contribution >= 0.6 is 15.9 Å². The monoisotopic (exact) mass is 315 g/mol. The second-order valence-electron chi connectivity index (χ2n) is 4.35. The summed E-state index contributed by atoms with van der Waals surface area (Å²) >= 11 is 3.46. The molecule has 0 saturated carbocycles. The van der Waals surface area contributed by atoms with Gasteiger partial charge in [-0.2, -0.15) is 0 Å². The summed E-state index contributed by atoms with van der Waals surface area (Å²) in [5.41, 5.74) is 2.77. The van der Waals surface area contributed by atoms with E-state index in [0.717, 1.165) is 21.1 Å². The van der Waals surface area contributed by atoms with Crippen LogP contribution in [0.4, 0.5) is 0 Å². The highest BCUT2D eigenvalue weighted by molar-refractivity contribution is 9.10. The van der Waals surface area contributed by atoms with Crippen LogP contribution in [0.3, 0.4) is 0 Å². The molecule has 0 spiro atoms. The average Bonchev–Trinajstić information content (AvgIpc) is 2.58. The van der Waals surface area contributed by atoms with E-state index in [4.69, 9.17) is 0 Å². The van der Waals surface area contributed by atoms with Gasteiger partial charge in [0.15, 0.2) is 9.84 Å². The van der Waals surface area contributed by atoms with E-state index >= 15 is 0 Å². The number of aromatic nitrogens is 3. The third-order valence-corrected chi connectivity index (χ3v) is 5.63. The molecule has 7 heteroatoms. The summed E-state index contributed by atoms with van der Waals surface area (Å²) in [6.07, 6.45) is 0. The van der Waals surface area contributed by atoms with Crippen LogP contribution in [0.2, 0.25) is 0 Å². The summed E-state index contributed by atoms with van der Waals surface area (Å²) in [4.78, 5) is 0. The zero-order chi connectivity index (χ0) is 12.2. The summed E-state index contributed by atoms with van der Waals surface area (Å²) in [6, 6.07) is 3.81. The normalized spacial score (nSPS) is 19.4. The standard InChI is InChI=1S/C10H10BrN3O2S/c1-6-2-9-10(3-8(6)11)14(13-12-9)7-4-17(15,16)5-7/h2-3,7H,4-5H2,1H3. The SMILES string of the molecule is Cc1cc2nnn(C3CS(=O)(=O)C3)c2cc1Br. The maximum Gasteiger partial charge on any atom is 0.154 e. The molecular formula is C10H10BrN3O2S. The van der Waals surface area contributed by atoms with Crippen LogP contribution in [0.15, 0.2) is 16.6 Å². The van der Waals surface area contributed by atoms with Crippen molar-refractivity contribution >= 4 is 36.8 Å². The summed E-state index contributed by atoms with van der Waals surface area (Å²) in [5.74, 6) is 0.327. The predicted octanol–water partition coefficient (Wildman–Crippen LogP) is 1.47. The van der Waals surface area contributed by atoms with E-state index in [-0.39, 0.29) is 17.5 Å². The van der Waals surface area contributed by atoms with E-state index < -0.39 is 9.84 Å². The first-order valence-corrected chi connectivity index (χ1v) is 7.79. The number of nitrogens with zero attached hydrogens (tertiary/aromatic N) is 3. The molecule has 0 bridgehead atoms. The Labute approximate surface area is 107 Å². The first-order chi connectivity index (χ1) is 7.96. The number of hydrogen-bond acceptors (Lipinski definition) is 4. The minimum Gasteiger partial charge on any atom is -0.239 e. The summed E-state index contributed by atoms with van der Waals surface area (Å²) in [7, 11) is -2.84. The number of sulfone groups is 1. The predicted molar refractivity (Wildman–Crippen MR) is 67.7 cm³/mol. The highest BCUT2D eigenvalue weighted by Crippen LogP contribution is 2.28. The molecule has 2 aromatic rings. The lowest BCUT2D eigenvalue weighted by Gasteiger charge is -2.25. The van der Waals surface area contributed by atoms with Gasteiger partial charge >= 0.3 is 0 Å². The highest BCUT2D eigenvalue weighted by atomic mass is 79.9. The van der Waals surface area contributed by atoms with Crippen molar-refractivity contribution in [2.75, 3.05) is 11.5 Å². The van der Waals surface area contributed by atoms with Crippen molar-refractivity contribution < 1.29 is 8.42 Å². The Kier molecular flexibility index (Phi) is 2.31. The number of rotatable bonds is 1. The van der Waals surface area contributed by atoms with Gasteiger partial charge in [-0.25, -0.2) is 13.1 Å². The molecule has 0 N–H and O–H groups in total. The number of benzene rings is 1. The molecule has 0 radical (unpaired) electrons. The molecule has 1 aromatic carbocycles. The Morgan fingerprint density at radius 3 is 2.76 bits per heavy atom. The topological polar surface area (TPSA) is 64.8 Å². The zero-order valence-electron chi connectivity index (χ0n) is 9.09. The fraction of sp³-hybridized carbons (Fsp3) is 0.400. The summed E-state index contributed by atoms with van der Waals surface area (Å²) in [6.45, 7) is 1.98. The maximum absolute atomic E-state index is 11.2. The molecule has 90 valence electrons. The Morgan fingerprint density at radius 2 is 2.12 bits per heavy atom. The van der Waals surface area contributed by atoms with E-state index in [1.165, 1.54) is 0 Å². The molecule has 1 aromatic heterocycles. The second kappa shape index (κ2) is 3.52. The van der Waals surface area contributed by atoms with E-state index in [1.54, 1.807) is 4.68 Å². The number of halogens is 1. The lowest BCUT2D eigenvalue weighted by Crippen LogP contribution is -2.38. The van der Waals surface area contributed by atoms with Crippen molar-refractivity contribution in [3.8, 4) is 0 Å². The van der Waals surface area contributed by atoms with Crippen molar-refractivity contribution in [3.05, 3.63) is 22.2 Å². The maximum atomic E-state index is 11.2. The third kappa shape index (κ3) is 1.77. The van der Waals surface area contributed by atoms with Gasteiger partial charge in [0.2, 0.25) is 0 Å². The van der Waals surface area contributed by atoms with Crippen molar-refractivity contribution in [3.63, 3.8) is 0 Å². The molecule has 1 aliphatic heterocycles. The van der Waals surface area contributed by atoms with Gasteiger partial charge in [0.25, 0.3) is 0 Å². The number of fused-ring (bicyclic) bond motifs is 1. The first-order valence-electron chi connectivity index (χ1n) is 5.18. The van der Waals surface area contributed by atoms with Crippen molar-refractivity contribution in [1.82, 2.24) is 15.0 Å². The second-order valence-corrected chi connectivity index (χ2v) is 7.36. The molecule has 1 aliphatic rings. The minimum atomic E-state index is -2.84. The van der Waals surface area contributed by atoms with Gasteiger partial charge in [0.1, 0.15) is 5.52 Å². The molecule has 0 atom stereocenters. The van der Waals surface area contributed by atoms with E-state index in [1.807, 2.05) is 19.1 Å². The van der Waals surface area contributed by atoms with Crippen LogP contribution in [0.5, 0.6) is 0 Å². The third-order valence-electron chi connectivity index (χ3n) is 2.99. The largest absolute Gasteiger partial charge is 0.239 e. The van der Waals surface area contributed by atoms with Crippen LogP contribution in [0.25, 0.3) is 11.0 Å². The lowest BCUT2D eigenvalue weighted by molar-refractivity contribution is 0.473. The average molecular weight is 316 g/mol. The molecule has 0 aliphatic carbocycles. The molecule has 0 unspecified atom stereocenters. The lowest BCUT2D eigenvalue weighted by atomic mass is 10.2. The van der Waals surface area contributed by atoms with Gasteiger partial charge in [-0.05, 0) is 24.6 Å². The van der Waals surface area contributed by atoms with E-state index in [0.29, 0.717) is 0 Å². The van der Waals surface area contributed by atoms with Gasteiger partial charge in [-0.15, -0.1) is 5.10 Å². The first kappa shape index (κ1) is 11.2. The Bertz CT molecular complexity index is 696. The quantitative estimate of drug-likeness (QED) is 0.799. The van der Waals surface area contributed by atoms with E-state index in [9.17, 15) is 8.42 Å².